The second-order valence-electron chi connectivity index (χ2n) is 2.25. The molecule has 0 unspecified atom stereocenters. The fraction of sp³-hybridized carbons (Fsp3) is 0.500. The Hall–Kier alpha value is -0.710. The normalized spacial score (nSPS) is 39.1. The molecule has 0 aromatic heterocycles. The van der Waals surface area contributed by atoms with E-state index in [1.54, 1.807) is 0 Å². The maximum Gasteiger partial charge on any atom is 0.192 e. The van der Waals surface area contributed by atoms with Gasteiger partial charge in [-0.25, -0.2) is 0 Å². The summed E-state index contributed by atoms with van der Waals surface area (Å²) in [6.45, 7) is -0.750. The summed E-state index contributed by atoms with van der Waals surface area (Å²) in [5.41, 5.74) is -1.99. The zero-order valence-electron chi connectivity index (χ0n) is 5.19. The molecular weight excluding hydrogens is 136 g/mol. The summed E-state index contributed by atoms with van der Waals surface area (Å²) >= 11 is 0. The molecule has 56 valence electrons. The summed E-state index contributed by atoms with van der Waals surface area (Å²) in [5.74, 6) is -0.650. The maximum absolute atomic E-state index is 10.7. The molecule has 1 rings (SSSR count). The fourth-order valence-electron chi connectivity index (χ4n) is 0.799. The Bertz CT molecular complexity index is 186. The quantitative estimate of drug-likeness (QED) is 0.406. The first kappa shape index (κ1) is 7.40. The van der Waals surface area contributed by atoms with Gasteiger partial charge in [0, 0.05) is 0 Å². The van der Waals surface area contributed by atoms with Gasteiger partial charge in [0.25, 0.3) is 0 Å². The molecule has 10 heavy (non-hydrogen) atoms. The van der Waals surface area contributed by atoms with Crippen molar-refractivity contribution in [3.8, 4) is 0 Å². The third-order valence-corrected chi connectivity index (χ3v) is 1.59. The van der Waals surface area contributed by atoms with Crippen LogP contribution in [0.3, 0.4) is 0 Å². The summed E-state index contributed by atoms with van der Waals surface area (Å²) in [6, 6.07) is 0. The lowest BCUT2D eigenvalue weighted by atomic mass is 9.99. The molecule has 0 amide bonds. The van der Waals surface area contributed by atoms with Crippen LogP contribution >= 0.6 is 0 Å². The number of hydrogen-bond acceptors (Lipinski definition) is 4. The van der Waals surface area contributed by atoms with Crippen LogP contribution in [0, 0.1) is 0 Å². The molecule has 1 aliphatic carbocycles. The van der Waals surface area contributed by atoms with Crippen molar-refractivity contribution in [2.75, 3.05) is 6.61 Å². The van der Waals surface area contributed by atoms with E-state index in [1.165, 1.54) is 0 Å². The largest absolute Gasteiger partial charge is 0.393 e. The highest BCUT2D eigenvalue weighted by atomic mass is 16.4. The van der Waals surface area contributed by atoms with E-state index in [1.807, 2.05) is 0 Å². The van der Waals surface area contributed by atoms with Gasteiger partial charge in [0.1, 0.15) is 6.10 Å². The first-order valence-corrected chi connectivity index (χ1v) is 2.85. The van der Waals surface area contributed by atoms with Gasteiger partial charge in [0.2, 0.25) is 0 Å². The SMILES string of the molecule is O=C1C=C[C@H](O)[C@]1(O)CO. The van der Waals surface area contributed by atoms with Crippen LogP contribution in [-0.2, 0) is 4.79 Å². The lowest BCUT2D eigenvalue weighted by Gasteiger charge is -2.21. The lowest BCUT2D eigenvalue weighted by Crippen LogP contribution is -2.47. The van der Waals surface area contributed by atoms with Crippen molar-refractivity contribution in [3.05, 3.63) is 12.2 Å². The van der Waals surface area contributed by atoms with Crippen LogP contribution in [0.25, 0.3) is 0 Å². The molecule has 0 fully saturated rings. The Morgan fingerprint density at radius 1 is 1.70 bits per heavy atom. The third-order valence-electron chi connectivity index (χ3n) is 1.59. The molecule has 4 heteroatoms. The van der Waals surface area contributed by atoms with E-state index in [9.17, 15) is 4.79 Å². The average molecular weight is 144 g/mol. The van der Waals surface area contributed by atoms with Gasteiger partial charge in [-0.3, -0.25) is 4.79 Å². The minimum atomic E-state index is -1.99. The van der Waals surface area contributed by atoms with E-state index in [0.29, 0.717) is 0 Å². The van der Waals surface area contributed by atoms with Crippen LogP contribution in [0.5, 0.6) is 0 Å². The smallest absolute Gasteiger partial charge is 0.192 e. The zero-order valence-corrected chi connectivity index (χ0v) is 5.19. The topological polar surface area (TPSA) is 77.8 Å². The summed E-state index contributed by atoms with van der Waals surface area (Å²) in [4.78, 5) is 10.7. The van der Waals surface area contributed by atoms with E-state index in [2.05, 4.69) is 0 Å². The maximum atomic E-state index is 10.7. The molecule has 0 bridgehead atoms. The van der Waals surface area contributed by atoms with E-state index in [4.69, 9.17) is 15.3 Å². The summed E-state index contributed by atoms with van der Waals surface area (Å²) < 4.78 is 0. The Labute approximate surface area is 57.4 Å². The van der Waals surface area contributed by atoms with Crippen LogP contribution in [0.4, 0.5) is 0 Å². The van der Waals surface area contributed by atoms with Crippen LogP contribution in [0.1, 0.15) is 0 Å². The molecule has 0 aliphatic heterocycles. The molecule has 0 radical (unpaired) electrons. The third kappa shape index (κ3) is 0.775. The van der Waals surface area contributed by atoms with Crippen molar-refractivity contribution < 1.29 is 20.1 Å². The number of ketones is 1. The first-order valence-electron chi connectivity index (χ1n) is 2.85. The minimum Gasteiger partial charge on any atom is -0.393 e. The molecule has 0 spiro atoms. The highest BCUT2D eigenvalue weighted by Crippen LogP contribution is 2.19. The van der Waals surface area contributed by atoms with E-state index in [-0.39, 0.29) is 0 Å². The van der Waals surface area contributed by atoms with Crippen molar-refractivity contribution in [1.82, 2.24) is 0 Å². The predicted molar refractivity (Wildman–Crippen MR) is 32.2 cm³/mol. The number of hydrogen-bond donors (Lipinski definition) is 3. The Morgan fingerprint density at radius 2 is 2.30 bits per heavy atom. The molecule has 0 aromatic carbocycles. The summed E-state index contributed by atoms with van der Waals surface area (Å²) in [6.07, 6.45) is 0.935. The van der Waals surface area contributed by atoms with Gasteiger partial charge in [-0.05, 0) is 12.2 Å². The summed E-state index contributed by atoms with van der Waals surface area (Å²) in [5, 5.41) is 26.5. The second kappa shape index (κ2) is 2.16. The van der Waals surface area contributed by atoms with Crippen LogP contribution in [0.2, 0.25) is 0 Å². The van der Waals surface area contributed by atoms with Gasteiger partial charge >= 0.3 is 0 Å². The molecule has 0 saturated carbocycles. The minimum absolute atomic E-state index is 0.650. The van der Waals surface area contributed by atoms with Gasteiger partial charge in [-0.15, -0.1) is 0 Å². The average Bonchev–Trinajstić information content (AvgIpc) is 2.18. The Kier molecular flexibility index (Phi) is 1.60. The Balaban J connectivity index is 2.87. The standard InChI is InChI=1S/C6H8O4/c7-3-6(10)4(8)1-2-5(6)9/h1-2,4,7-8,10H,3H2/t4-,6+/m0/s1. The van der Waals surface area contributed by atoms with Crippen molar-refractivity contribution >= 4 is 5.78 Å². The van der Waals surface area contributed by atoms with Gasteiger partial charge in [0.15, 0.2) is 11.4 Å². The van der Waals surface area contributed by atoms with Crippen molar-refractivity contribution in [2.45, 2.75) is 11.7 Å². The van der Waals surface area contributed by atoms with E-state index in [0.717, 1.165) is 12.2 Å². The number of aliphatic hydroxyl groups excluding tert-OH is 2. The highest BCUT2D eigenvalue weighted by Gasteiger charge is 2.43. The molecule has 0 saturated heterocycles. The zero-order chi connectivity index (χ0) is 7.78. The molecule has 0 aromatic rings. The second-order valence-corrected chi connectivity index (χ2v) is 2.25. The predicted octanol–water partition coefficient (Wildman–Crippen LogP) is -1.79. The molecule has 0 heterocycles. The van der Waals surface area contributed by atoms with E-state index >= 15 is 0 Å². The Morgan fingerprint density at radius 3 is 2.50 bits per heavy atom. The first-order chi connectivity index (χ1) is 4.61. The van der Waals surface area contributed by atoms with Gasteiger partial charge in [-0.2, -0.15) is 0 Å². The van der Waals surface area contributed by atoms with Gasteiger partial charge in [0.05, 0.1) is 6.61 Å². The fourth-order valence-corrected chi connectivity index (χ4v) is 0.799. The van der Waals surface area contributed by atoms with Crippen LogP contribution in [0.15, 0.2) is 12.2 Å². The van der Waals surface area contributed by atoms with Crippen LogP contribution < -0.4 is 0 Å². The van der Waals surface area contributed by atoms with Gasteiger partial charge in [-0.1, -0.05) is 0 Å². The van der Waals surface area contributed by atoms with Crippen molar-refractivity contribution in [1.29, 1.82) is 0 Å². The highest BCUT2D eigenvalue weighted by molar-refractivity contribution is 6.00. The monoisotopic (exact) mass is 144 g/mol. The number of rotatable bonds is 1. The number of carbonyl (C=O) groups excluding carboxylic acids is 1. The lowest BCUT2D eigenvalue weighted by molar-refractivity contribution is -0.144. The molecule has 4 nitrogen and oxygen atoms in total. The molecule has 3 N–H and O–H groups in total. The van der Waals surface area contributed by atoms with Crippen molar-refractivity contribution in [3.63, 3.8) is 0 Å². The molecule has 2 atom stereocenters. The van der Waals surface area contributed by atoms with Crippen LogP contribution in [-0.4, -0.2) is 39.4 Å². The summed E-state index contributed by atoms with van der Waals surface area (Å²) in [7, 11) is 0. The number of aliphatic hydroxyl groups is 3. The van der Waals surface area contributed by atoms with Gasteiger partial charge < -0.3 is 15.3 Å². The number of carbonyl (C=O) groups is 1. The molecular formula is C6H8O4. The van der Waals surface area contributed by atoms with E-state index < -0.39 is 24.1 Å². The molecule has 1 aliphatic rings. The van der Waals surface area contributed by atoms with Crippen molar-refractivity contribution in [2.24, 2.45) is 0 Å².